The number of hydrogen-bond acceptors (Lipinski definition) is 12. The van der Waals surface area contributed by atoms with E-state index in [0.717, 1.165) is 24.7 Å². The van der Waals surface area contributed by atoms with Gasteiger partial charge in [0.1, 0.15) is 7.82 Å². The Morgan fingerprint density at radius 2 is 0.971 bits per heavy atom. The monoisotopic (exact) mass is 578 g/mol. The maximum Gasteiger partial charge on any atom is 0.113 e. The van der Waals surface area contributed by atoms with Crippen LogP contribution in [0.5, 0.6) is 0 Å². The van der Waals surface area contributed by atoms with Crippen LogP contribution in [0, 0.1) is 0 Å². The Hall–Kier alpha value is -0.930. The average molecular weight is 578 g/mol. The van der Waals surface area contributed by atoms with E-state index in [2.05, 4.69) is 10.6 Å². The Labute approximate surface area is 200 Å². The molecule has 20 nitrogen and oxygen atoms in total. The standard InChI is InChI=1S/C11H19O4P.8H3N.2H3O4P/c1-10(2)6-4-7-11(3)8-5-9-15-16(12,13)14;;;;;;;;;2*1-5(2,3)4/h5-6,8-9H,4,7H2,1-3H3,(H2,12,13,14);8*1H3;2*(H3,1,2,3,4)/b9-5+,11-8+;;;;;;;;;;. The Bertz CT molecular complexity index is 592. The molecule has 0 atom stereocenters. The van der Waals surface area contributed by atoms with Crippen molar-refractivity contribution in [1.29, 1.82) is 0 Å². The maximum atomic E-state index is 10.1. The Morgan fingerprint density at radius 3 is 1.21 bits per heavy atom. The molecule has 0 spiro atoms. The summed E-state index contributed by atoms with van der Waals surface area (Å²) in [4.78, 5) is 71.5. The zero-order chi connectivity index (χ0) is 21.6. The molecule has 34 heavy (non-hydrogen) atoms. The predicted molar refractivity (Wildman–Crippen MR) is 123 cm³/mol. The highest BCUT2D eigenvalue weighted by atomic mass is 31.2. The van der Waals surface area contributed by atoms with Gasteiger partial charge in [0.25, 0.3) is 0 Å². The summed E-state index contributed by atoms with van der Waals surface area (Å²) in [6, 6.07) is 0. The number of quaternary nitrogens is 8. The quantitative estimate of drug-likeness (QED) is 0.0847. The number of phosphoric ester groups is 1. The molecule has 0 aromatic rings. The first kappa shape index (κ1) is 69.8. The first-order chi connectivity index (χ1) is 11.3. The van der Waals surface area contributed by atoms with Crippen molar-refractivity contribution < 1.29 is 57.4 Å². The first-order valence-electron chi connectivity index (χ1n) is 6.43. The smallest absolute Gasteiger partial charge is 0.113 e. The number of hydrogen-bond donors (Lipinski definition) is 8. The van der Waals surface area contributed by atoms with E-state index in [1.807, 2.05) is 20.8 Å². The third-order valence-electron chi connectivity index (χ3n) is 1.74. The van der Waals surface area contributed by atoms with Gasteiger partial charge in [0.05, 0.1) is 6.26 Å². The lowest BCUT2D eigenvalue weighted by atomic mass is 10.1. The Balaban J connectivity index is -0.0000000283. The SMILES string of the molecule is CC(C)=CCC/C(C)=C/C=C/OP(=O)([O-])[O-].O=P([O-])([O-])[O-].O=P([O-])([O-])[O-].[NH4+].[NH4+].[NH4+].[NH4+].[NH4+].[NH4+].[NH4+].[NH4+]. The van der Waals surface area contributed by atoms with Crippen molar-refractivity contribution in [3.05, 3.63) is 35.6 Å². The molecule has 32 N–H and O–H groups in total. The van der Waals surface area contributed by atoms with E-state index in [-0.39, 0.29) is 49.2 Å². The summed E-state index contributed by atoms with van der Waals surface area (Å²) in [5, 5.41) is 0. The van der Waals surface area contributed by atoms with Gasteiger partial charge in [-0.3, -0.25) is 0 Å². The minimum atomic E-state index is -5.39. The molecule has 0 fully saturated rings. The third-order valence-corrected chi connectivity index (χ3v) is 2.12. The largest absolute Gasteiger partial charge is 0.822 e. The molecule has 0 unspecified atom stereocenters. The fourth-order valence-electron chi connectivity index (χ4n) is 0.985. The van der Waals surface area contributed by atoms with Gasteiger partial charge < -0.3 is 107 Å². The van der Waals surface area contributed by atoms with E-state index in [1.54, 1.807) is 6.08 Å². The molecule has 0 saturated carbocycles. The highest BCUT2D eigenvalue weighted by molar-refractivity contribution is 7.43. The minimum Gasteiger partial charge on any atom is -0.822 e. The van der Waals surface area contributed by atoms with Crippen LogP contribution in [-0.2, 0) is 18.2 Å². The molecule has 0 bridgehead atoms. The first-order valence-corrected chi connectivity index (χ1v) is 10.8. The van der Waals surface area contributed by atoms with Crippen LogP contribution < -0.4 is 88.4 Å². The zero-order valence-electron chi connectivity index (χ0n) is 22.0. The molecule has 0 aliphatic carbocycles. The molecule has 220 valence electrons. The van der Waals surface area contributed by atoms with Crippen molar-refractivity contribution in [2.45, 2.75) is 33.6 Å². The lowest BCUT2D eigenvalue weighted by Crippen LogP contribution is -2.24. The molecule has 0 heterocycles. The van der Waals surface area contributed by atoms with Gasteiger partial charge >= 0.3 is 0 Å². The van der Waals surface area contributed by atoms with Gasteiger partial charge in [-0.2, -0.15) is 15.6 Å². The summed E-state index contributed by atoms with van der Waals surface area (Å²) in [7, 11) is -15.7. The maximum absolute atomic E-state index is 10.1. The molecular weight excluding hydrogens is 529 g/mol. The van der Waals surface area contributed by atoms with E-state index in [0.29, 0.717) is 0 Å². The van der Waals surface area contributed by atoms with Gasteiger partial charge in [-0.25, -0.2) is 0 Å². The molecule has 0 aromatic carbocycles. The molecule has 23 heteroatoms. The van der Waals surface area contributed by atoms with Crippen LogP contribution in [0.2, 0.25) is 0 Å². The molecule has 0 radical (unpaired) electrons. The van der Waals surface area contributed by atoms with Crippen molar-refractivity contribution in [3.8, 4) is 0 Å². The molecule has 0 amide bonds. The fraction of sp³-hybridized carbons (Fsp3) is 0.455. The van der Waals surface area contributed by atoms with Gasteiger partial charge in [0, 0.05) is 0 Å². The fourth-order valence-corrected chi connectivity index (χ4v) is 1.20. The van der Waals surface area contributed by atoms with Crippen LogP contribution in [0.15, 0.2) is 35.6 Å². The van der Waals surface area contributed by atoms with Crippen molar-refractivity contribution in [3.63, 3.8) is 0 Å². The lowest BCUT2D eigenvalue weighted by molar-refractivity contribution is -0.434. The Kier molecular flexibility index (Phi) is 70.3. The second kappa shape index (κ2) is 34.2. The number of allylic oxidation sites excluding steroid dienone is 5. The second-order valence-corrected chi connectivity index (χ2v) is 7.50. The second-order valence-electron chi connectivity index (χ2n) is 4.61. The van der Waals surface area contributed by atoms with E-state index < -0.39 is 23.5 Å². The average Bonchev–Trinajstić information content (AvgIpc) is 2.28. The highest BCUT2D eigenvalue weighted by Crippen LogP contribution is 2.24. The van der Waals surface area contributed by atoms with Gasteiger partial charge in [-0.05, 0) is 39.7 Å². The van der Waals surface area contributed by atoms with Crippen molar-refractivity contribution >= 4 is 23.5 Å². The van der Waals surface area contributed by atoms with Crippen LogP contribution in [0.4, 0.5) is 0 Å². The molecule has 0 rings (SSSR count). The molecular formula is C11H49N8O12P3. The van der Waals surface area contributed by atoms with Crippen molar-refractivity contribution in [2.24, 2.45) is 0 Å². The summed E-state index contributed by atoms with van der Waals surface area (Å²) in [6.45, 7) is 6.00. The minimum absolute atomic E-state index is 0. The van der Waals surface area contributed by atoms with Crippen molar-refractivity contribution in [2.75, 3.05) is 0 Å². The summed E-state index contributed by atoms with van der Waals surface area (Å²) in [6.07, 6.45) is 7.96. The van der Waals surface area contributed by atoms with Crippen molar-refractivity contribution in [1.82, 2.24) is 49.2 Å². The zero-order valence-corrected chi connectivity index (χ0v) is 24.6. The summed E-state index contributed by atoms with van der Waals surface area (Å²) in [5.74, 6) is 0. The van der Waals surface area contributed by atoms with Crippen LogP contribution in [0.1, 0.15) is 33.6 Å². The van der Waals surface area contributed by atoms with Gasteiger partial charge in [0.2, 0.25) is 0 Å². The Morgan fingerprint density at radius 1 is 0.676 bits per heavy atom. The molecule has 0 aliphatic rings. The topological polar surface area (TPSA) is 537 Å². The van der Waals surface area contributed by atoms with E-state index in [1.165, 1.54) is 11.6 Å². The summed E-state index contributed by atoms with van der Waals surface area (Å²) in [5.41, 5.74) is 2.36. The normalized spacial score (nSPS) is 9.56. The van der Waals surface area contributed by atoms with Crippen LogP contribution in [0.25, 0.3) is 0 Å². The van der Waals surface area contributed by atoms with E-state index >= 15 is 0 Å². The molecule has 0 aliphatic heterocycles. The van der Waals surface area contributed by atoms with Gasteiger partial charge in [-0.15, -0.1) is 0 Å². The van der Waals surface area contributed by atoms with E-state index in [4.69, 9.17) is 38.5 Å². The van der Waals surface area contributed by atoms with Crippen LogP contribution in [-0.4, -0.2) is 0 Å². The van der Waals surface area contributed by atoms with Crippen LogP contribution >= 0.6 is 23.5 Å². The predicted octanol–water partition coefficient (Wildman–Crippen LogP) is -0.602. The van der Waals surface area contributed by atoms with Gasteiger partial charge in [0.15, 0.2) is 0 Å². The summed E-state index contributed by atoms with van der Waals surface area (Å²) >= 11 is 0. The van der Waals surface area contributed by atoms with Gasteiger partial charge in [-0.1, -0.05) is 23.3 Å². The molecule has 0 saturated heterocycles. The number of rotatable bonds is 6. The molecule has 0 aromatic heterocycles. The van der Waals surface area contributed by atoms with Crippen LogP contribution in [0.3, 0.4) is 0 Å². The summed E-state index contributed by atoms with van der Waals surface area (Å²) < 4.78 is 31.1. The third kappa shape index (κ3) is 164. The highest BCUT2D eigenvalue weighted by Gasteiger charge is 1.87. The number of phosphoric acid groups is 3. The van der Waals surface area contributed by atoms with E-state index in [9.17, 15) is 14.4 Å². The lowest BCUT2D eigenvalue weighted by Gasteiger charge is -2.36.